The van der Waals surface area contributed by atoms with Crippen molar-refractivity contribution in [3.63, 3.8) is 0 Å². The lowest BCUT2D eigenvalue weighted by Crippen LogP contribution is -2.24. The number of carboxylic acid groups (broad SMARTS) is 1. The standard InChI is InChI=1S/C10H10BrNO3S/c1-12(9(13)2-3-10(14)15)5-7-4-8(11)16-6-7/h2-4,6H,5H2,1H3,(H,14,15). The molecule has 0 aromatic carbocycles. The number of thiophene rings is 1. The van der Waals surface area contributed by atoms with Crippen LogP contribution in [-0.2, 0) is 16.1 Å². The number of carbonyl (C=O) groups excluding carboxylic acids is 1. The molecule has 1 heterocycles. The average Bonchev–Trinajstić information content (AvgIpc) is 2.60. The quantitative estimate of drug-likeness (QED) is 0.867. The Hall–Kier alpha value is -1.14. The van der Waals surface area contributed by atoms with Crippen molar-refractivity contribution in [3.05, 3.63) is 32.9 Å². The van der Waals surface area contributed by atoms with Gasteiger partial charge < -0.3 is 10.0 Å². The van der Waals surface area contributed by atoms with Crippen molar-refractivity contribution in [1.29, 1.82) is 0 Å². The number of hydrogen-bond donors (Lipinski definition) is 1. The van der Waals surface area contributed by atoms with Crippen molar-refractivity contribution in [2.75, 3.05) is 7.05 Å². The van der Waals surface area contributed by atoms with Crippen LogP contribution in [0.3, 0.4) is 0 Å². The zero-order chi connectivity index (χ0) is 12.1. The molecule has 0 saturated carbocycles. The van der Waals surface area contributed by atoms with Gasteiger partial charge in [-0.15, -0.1) is 11.3 Å². The van der Waals surface area contributed by atoms with E-state index in [1.807, 2.05) is 11.4 Å². The molecule has 0 bridgehead atoms. The molecular formula is C10H10BrNO3S. The molecule has 6 heteroatoms. The van der Waals surface area contributed by atoms with E-state index in [0.29, 0.717) is 6.54 Å². The topological polar surface area (TPSA) is 57.6 Å². The van der Waals surface area contributed by atoms with E-state index in [-0.39, 0.29) is 5.91 Å². The molecule has 0 atom stereocenters. The van der Waals surface area contributed by atoms with Crippen molar-refractivity contribution >= 4 is 39.1 Å². The van der Waals surface area contributed by atoms with Gasteiger partial charge in [-0.3, -0.25) is 4.79 Å². The van der Waals surface area contributed by atoms with Gasteiger partial charge in [-0.25, -0.2) is 4.79 Å². The molecule has 0 spiro atoms. The Morgan fingerprint density at radius 3 is 2.75 bits per heavy atom. The highest BCUT2D eigenvalue weighted by molar-refractivity contribution is 9.11. The fourth-order valence-electron chi connectivity index (χ4n) is 1.05. The van der Waals surface area contributed by atoms with Crippen LogP contribution in [0.15, 0.2) is 27.4 Å². The maximum Gasteiger partial charge on any atom is 0.328 e. The van der Waals surface area contributed by atoms with Gasteiger partial charge in [0.15, 0.2) is 0 Å². The second-order valence-corrected chi connectivity index (χ2v) is 5.42. The highest BCUT2D eigenvalue weighted by Crippen LogP contribution is 2.21. The summed E-state index contributed by atoms with van der Waals surface area (Å²) in [5.74, 6) is -1.45. The SMILES string of the molecule is CN(Cc1csc(Br)c1)C(=O)C=CC(=O)O. The van der Waals surface area contributed by atoms with Crippen LogP contribution in [0, 0.1) is 0 Å². The number of nitrogens with zero attached hydrogens (tertiary/aromatic N) is 1. The monoisotopic (exact) mass is 303 g/mol. The predicted octanol–water partition coefficient (Wildman–Crippen LogP) is 2.11. The first-order valence-electron chi connectivity index (χ1n) is 4.38. The molecule has 0 saturated heterocycles. The molecule has 1 N–H and O–H groups in total. The first-order valence-corrected chi connectivity index (χ1v) is 6.05. The summed E-state index contributed by atoms with van der Waals surface area (Å²) in [6, 6.07) is 1.93. The number of rotatable bonds is 4. The molecule has 0 aliphatic heterocycles. The maximum absolute atomic E-state index is 11.4. The van der Waals surface area contributed by atoms with Crippen molar-refractivity contribution in [2.45, 2.75) is 6.54 Å². The second-order valence-electron chi connectivity index (χ2n) is 3.12. The Balaban J connectivity index is 2.55. The minimum atomic E-state index is -1.12. The Bertz CT molecular complexity index is 427. The number of carbonyl (C=O) groups is 2. The van der Waals surface area contributed by atoms with E-state index in [0.717, 1.165) is 21.5 Å². The maximum atomic E-state index is 11.4. The van der Waals surface area contributed by atoms with Crippen molar-refractivity contribution in [2.24, 2.45) is 0 Å². The highest BCUT2D eigenvalue weighted by Gasteiger charge is 2.07. The van der Waals surface area contributed by atoms with Gasteiger partial charge in [0.1, 0.15) is 0 Å². The Morgan fingerprint density at radius 1 is 1.56 bits per heavy atom. The summed E-state index contributed by atoms with van der Waals surface area (Å²) < 4.78 is 1.00. The summed E-state index contributed by atoms with van der Waals surface area (Å²) in [5.41, 5.74) is 1.01. The molecule has 0 aliphatic rings. The highest BCUT2D eigenvalue weighted by atomic mass is 79.9. The molecule has 1 rings (SSSR count). The number of likely N-dealkylation sites (N-methyl/N-ethyl adjacent to an activating group) is 1. The van der Waals surface area contributed by atoms with E-state index in [4.69, 9.17) is 5.11 Å². The van der Waals surface area contributed by atoms with Crippen molar-refractivity contribution in [3.8, 4) is 0 Å². The summed E-state index contributed by atoms with van der Waals surface area (Å²) >= 11 is 4.88. The van der Waals surface area contributed by atoms with E-state index in [1.54, 1.807) is 18.4 Å². The number of halogens is 1. The zero-order valence-electron chi connectivity index (χ0n) is 8.51. The number of hydrogen-bond acceptors (Lipinski definition) is 3. The smallest absolute Gasteiger partial charge is 0.328 e. The van der Waals surface area contributed by atoms with E-state index in [1.165, 1.54) is 4.90 Å². The Kier molecular flexibility index (Phi) is 4.70. The molecule has 86 valence electrons. The van der Waals surface area contributed by atoms with Gasteiger partial charge in [-0.05, 0) is 32.9 Å². The van der Waals surface area contributed by atoms with E-state index < -0.39 is 5.97 Å². The summed E-state index contributed by atoms with van der Waals surface area (Å²) in [6.45, 7) is 0.463. The predicted molar refractivity (Wildman–Crippen MR) is 65.3 cm³/mol. The molecule has 0 aliphatic carbocycles. The summed E-state index contributed by atoms with van der Waals surface area (Å²) in [6.07, 6.45) is 1.88. The van der Waals surface area contributed by atoms with Crippen molar-refractivity contribution < 1.29 is 14.7 Å². The van der Waals surface area contributed by atoms with Gasteiger partial charge in [-0.2, -0.15) is 0 Å². The minimum Gasteiger partial charge on any atom is -0.478 e. The van der Waals surface area contributed by atoms with Crippen LogP contribution in [-0.4, -0.2) is 28.9 Å². The third-order valence-electron chi connectivity index (χ3n) is 1.79. The van der Waals surface area contributed by atoms with Crippen LogP contribution in [0.2, 0.25) is 0 Å². The van der Waals surface area contributed by atoms with E-state index in [2.05, 4.69) is 15.9 Å². The minimum absolute atomic E-state index is 0.329. The normalized spacial score (nSPS) is 10.6. The number of carboxylic acids is 1. The lowest BCUT2D eigenvalue weighted by Gasteiger charge is -2.13. The third-order valence-corrected chi connectivity index (χ3v) is 3.34. The lowest BCUT2D eigenvalue weighted by atomic mass is 10.3. The van der Waals surface area contributed by atoms with Gasteiger partial charge >= 0.3 is 5.97 Å². The van der Waals surface area contributed by atoms with Crippen molar-refractivity contribution in [1.82, 2.24) is 4.90 Å². The fourth-order valence-corrected chi connectivity index (χ4v) is 2.25. The molecule has 1 amide bonds. The van der Waals surface area contributed by atoms with Gasteiger partial charge in [0.25, 0.3) is 0 Å². The fraction of sp³-hybridized carbons (Fsp3) is 0.200. The van der Waals surface area contributed by atoms with Gasteiger partial charge in [0, 0.05) is 25.7 Å². The average molecular weight is 304 g/mol. The molecule has 16 heavy (non-hydrogen) atoms. The largest absolute Gasteiger partial charge is 0.478 e. The van der Waals surface area contributed by atoms with Gasteiger partial charge in [-0.1, -0.05) is 0 Å². The van der Waals surface area contributed by atoms with Crippen LogP contribution in [0.4, 0.5) is 0 Å². The van der Waals surface area contributed by atoms with Crippen LogP contribution in [0.5, 0.6) is 0 Å². The van der Waals surface area contributed by atoms with E-state index >= 15 is 0 Å². The lowest BCUT2D eigenvalue weighted by molar-refractivity contribution is -0.132. The molecule has 0 radical (unpaired) electrons. The van der Waals surface area contributed by atoms with Crippen LogP contribution in [0.1, 0.15) is 5.56 Å². The third kappa shape index (κ3) is 4.16. The number of aliphatic carboxylic acids is 1. The zero-order valence-corrected chi connectivity index (χ0v) is 10.9. The first kappa shape index (κ1) is 12.9. The summed E-state index contributed by atoms with van der Waals surface area (Å²) in [5, 5.41) is 10.3. The second kappa shape index (κ2) is 5.81. The Morgan fingerprint density at radius 2 is 2.25 bits per heavy atom. The van der Waals surface area contributed by atoms with Crippen LogP contribution in [0.25, 0.3) is 0 Å². The van der Waals surface area contributed by atoms with Gasteiger partial charge in [0.05, 0.1) is 3.79 Å². The summed E-state index contributed by atoms with van der Waals surface area (Å²) in [7, 11) is 1.63. The molecule has 0 fully saturated rings. The summed E-state index contributed by atoms with van der Waals surface area (Å²) in [4.78, 5) is 23.1. The first-order chi connectivity index (χ1) is 7.49. The van der Waals surface area contributed by atoms with Crippen LogP contribution >= 0.6 is 27.3 Å². The van der Waals surface area contributed by atoms with E-state index in [9.17, 15) is 9.59 Å². The molecule has 4 nitrogen and oxygen atoms in total. The Labute approximate surface area is 105 Å². The molecular weight excluding hydrogens is 294 g/mol. The molecule has 0 unspecified atom stereocenters. The number of amides is 1. The molecule has 1 aromatic rings. The van der Waals surface area contributed by atoms with Gasteiger partial charge in [0.2, 0.25) is 5.91 Å². The molecule has 1 aromatic heterocycles. The van der Waals surface area contributed by atoms with Crippen LogP contribution < -0.4 is 0 Å².